The van der Waals surface area contributed by atoms with Gasteiger partial charge in [-0.05, 0) is 69.1 Å². The molecule has 1 fully saturated rings. The molecule has 36 heavy (non-hydrogen) atoms. The lowest BCUT2D eigenvalue weighted by Gasteiger charge is -2.35. The van der Waals surface area contributed by atoms with Gasteiger partial charge in [-0.25, -0.2) is 9.50 Å². The van der Waals surface area contributed by atoms with Crippen LogP contribution in [-0.4, -0.2) is 49.3 Å². The first-order chi connectivity index (χ1) is 16.9. The fraction of sp³-hybridized carbons (Fsp3) is 0.333. The van der Waals surface area contributed by atoms with Crippen LogP contribution in [0, 0.1) is 0 Å². The third-order valence-electron chi connectivity index (χ3n) is 6.37. The molecule has 0 radical (unpaired) electrons. The van der Waals surface area contributed by atoms with E-state index in [0.29, 0.717) is 10.5 Å². The largest absolute Gasteiger partial charge is 0.487 e. The highest BCUT2D eigenvalue weighted by Crippen LogP contribution is 2.28. The van der Waals surface area contributed by atoms with E-state index in [4.69, 9.17) is 4.74 Å². The van der Waals surface area contributed by atoms with Gasteiger partial charge in [0.15, 0.2) is 10.5 Å². The number of fused-ring (bicyclic) bond motifs is 1. The molecule has 4 aromatic rings. The number of hydrogen-bond acceptors (Lipinski definition) is 6. The van der Waals surface area contributed by atoms with E-state index in [2.05, 4.69) is 28.8 Å². The lowest BCUT2D eigenvalue weighted by Crippen LogP contribution is -2.44. The molecule has 190 valence electrons. The smallest absolute Gasteiger partial charge is 0.235 e. The average molecular weight is 509 g/mol. The van der Waals surface area contributed by atoms with E-state index in [1.165, 1.54) is 19.3 Å². The Balaban J connectivity index is 0.00000304. The zero-order chi connectivity index (χ0) is 24.4. The number of hydrogen-bond donors (Lipinski definition) is 2. The van der Waals surface area contributed by atoms with Crippen LogP contribution in [0.2, 0.25) is 0 Å². The monoisotopic (exact) mass is 508 g/mol. The lowest BCUT2D eigenvalue weighted by atomic mass is 10.1. The number of ether oxygens (including phenoxy) is 1. The molecule has 1 unspecified atom stereocenters. The molecule has 0 amide bonds. The summed E-state index contributed by atoms with van der Waals surface area (Å²) in [6.07, 6.45) is 9.39. The van der Waals surface area contributed by atoms with Gasteiger partial charge in [0.05, 0.1) is 6.20 Å². The predicted octanol–water partition coefficient (Wildman–Crippen LogP) is 5.40. The standard InChI is InChI=1S/C27H30N4O3S.H3N/c1-27(2,19-30-13-4-3-5-14-30)34-23-11-9-20(10-12-23)22-16-28-26-25(17-29-31(26)18-22)21-7-6-8-24(15-21)35(32)33;/h6-12,15-18H,3-5,13-14,19H2,1-2H3,(H,32,33);1H3/p+1. The van der Waals surface area contributed by atoms with Gasteiger partial charge in [-0.3, -0.25) is 4.90 Å². The van der Waals surface area contributed by atoms with Gasteiger partial charge in [-0.1, -0.05) is 34.9 Å². The summed E-state index contributed by atoms with van der Waals surface area (Å²) in [7, 11) is 0. The zero-order valence-electron chi connectivity index (χ0n) is 20.8. The number of thiol groups is 1. The van der Waals surface area contributed by atoms with Crippen molar-refractivity contribution in [1.82, 2.24) is 25.6 Å². The predicted molar refractivity (Wildman–Crippen MR) is 144 cm³/mol. The molecule has 1 aliphatic rings. The van der Waals surface area contributed by atoms with Crippen LogP contribution in [0.15, 0.2) is 72.0 Å². The van der Waals surface area contributed by atoms with Crippen molar-refractivity contribution in [2.45, 2.75) is 43.6 Å². The van der Waals surface area contributed by atoms with Gasteiger partial charge < -0.3 is 10.9 Å². The molecule has 4 N–H and O–H groups in total. The van der Waals surface area contributed by atoms with Gasteiger partial charge in [0.2, 0.25) is 11.1 Å². The van der Waals surface area contributed by atoms with Crippen LogP contribution in [0.25, 0.3) is 27.9 Å². The third kappa shape index (κ3) is 5.82. The van der Waals surface area contributed by atoms with Crippen molar-refractivity contribution in [2.75, 3.05) is 19.6 Å². The zero-order valence-corrected chi connectivity index (χ0v) is 21.7. The molecule has 8 nitrogen and oxygen atoms in total. The minimum atomic E-state index is -2.39. The summed E-state index contributed by atoms with van der Waals surface area (Å²) in [4.78, 5) is 7.52. The molecule has 0 saturated carbocycles. The summed E-state index contributed by atoms with van der Waals surface area (Å²) in [6, 6.07) is 15.1. The van der Waals surface area contributed by atoms with Crippen molar-refractivity contribution in [3.05, 3.63) is 67.1 Å². The van der Waals surface area contributed by atoms with Gasteiger partial charge in [0.25, 0.3) is 0 Å². The van der Waals surface area contributed by atoms with Crippen molar-refractivity contribution in [2.24, 2.45) is 0 Å². The number of piperidine rings is 1. The summed E-state index contributed by atoms with van der Waals surface area (Å²) < 4.78 is 29.0. The Labute approximate surface area is 214 Å². The summed E-state index contributed by atoms with van der Waals surface area (Å²) >= 11 is -2.39. The Morgan fingerprint density at radius 2 is 1.75 bits per heavy atom. The van der Waals surface area contributed by atoms with Crippen LogP contribution >= 0.6 is 0 Å². The van der Waals surface area contributed by atoms with Crippen LogP contribution in [-0.2, 0) is 15.3 Å². The summed E-state index contributed by atoms with van der Waals surface area (Å²) in [5, 5.41) is 4.47. The summed E-state index contributed by atoms with van der Waals surface area (Å²) in [5.74, 6) is 0.855. The van der Waals surface area contributed by atoms with E-state index >= 15 is 0 Å². The highest BCUT2D eigenvalue weighted by atomic mass is 32.2. The maximum absolute atomic E-state index is 11.5. The van der Waals surface area contributed by atoms with Gasteiger partial charge in [-0.2, -0.15) is 9.65 Å². The van der Waals surface area contributed by atoms with Crippen molar-refractivity contribution < 1.29 is 13.5 Å². The summed E-state index contributed by atoms with van der Waals surface area (Å²) in [6.45, 7) is 7.54. The van der Waals surface area contributed by atoms with Crippen LogP contribution in [0.4, 0.5) is 0 Å². The molecule has 5 rings (SSSR count). The van der Waals surface area contributed by atoms with Crippen LogP contribution in [0.5, 0.6) is 5.75 Å². The normalized spacial score (nSPS) is 15.4. The number of nitrogens with zero attached hydrogens (tertiary/aromatic N) is 4. The average Bonchev–Trinajstić information content (AvgIpc) is 3.28. The van der Waals surface area contributed by atoms with Crippen molar-refractivity contribution >= 4 is 16.7 Å². The van der Waals surface area contributed by atoms with Gasteiger partial charge in [0.1, 0.15) is 11.4 Å². The molecule has 3 heterocycles. The molecule has 0 aliphatic carbocycles. The Kier molecular flexibility index (Phi) is 7.85. The third-order valence-corrected chi connectivity index (χ3v) is 7.09. The fourth-order valence-electron chi connectivity index (χ4n) is 4.74. The number of benzene rings is 2. The Bertz CT molecular complexity index is 1350. The Morgan fingerprint density at radius 3 is 2.47 bits per heavy atom. The second-order valence-corrected chi connectivity index (χ2v) is 10.8. The first kappa shape index (κ1) is 26.0. The number of rotatable bonds is 7. The van der Waals surface area contributed by atoms with E-state index < -0.39 is 11.1 Å². The van der Waals surface area contributed by atoms with Crippen LogP contribution in [0.3, 0.4) is 0 Å². The van der Waals surface area contributed by atoms with Gasteiger partial charge in [-0.15, -0.1) is 0 Å². The van der Waals surface area contributed by atoms with Crippen molar-refractivity contribution in [3.63, 3.8) is 0 Å². The molecule has 1 atom stereocenters. The minimum absolute atomic E-state index is 0. The molecule has 1 saturated heterocycles. The molecule has 1 aliphatic heterocycles. The quantitative estimate of drug-likeness (QED) is 0.254. The Hall–Kier alpha value is -3.11. The minimum Gasteiger partial charge on any atom is -0.487 e. The first-order valence-corrected chi connectivity index (χ1v) is 13.2. The molecule has 2 aromatic heterocycles. The van der Waals surface area contributed by atoms with Gasteiger partial charge >= 0.3 is 0 Å². The molecular formula is C27H34N5O3S+. The Morgan fingerprint density at radius 1 is 1.00 bits per heavy atom. The van der Waals surface area contributed by atoms with Gasteiger partial charge in [0, 0.05) is 36.1 Å². The second-order valence-electron chi connectivity index (χ2n) is 9.72. The van der Waals surface area contributed by atoms with Crippen molar-refractivity contribution in [3.8, 4) is 28.0 Å². The van der Waals surface area contributed by atoms with E-state index in [9.17, 15) is 8.76 Å². The second kappa shape index (κ2) is 10.9. The summed E-state index contributed by atoms with van der Waals surface area (Å²) in [5.41, 5.74) is 4.03. The number of aromatic nitrogens is 3. The highest BCUT2D eigenvalue weighted by molar-refractivity contribution is 7.79. The van der Waals surface area contributed by atoms with Crippen LogP contribution in [0.1, 0.15) is 33.1 Å². The molecule has 0 bridgehead atoms. The first-order valence-electron chi connectivity index (χ1n) is 12.0. The van der Waals surface area contributed by atoms with E-state index in [1.807, 2.05) is 42.7 Å². The van der Waals surface area contributed by atoms with Crippen LogP contribution < -0.4 is 10.9 Å². The highest BCUT2D eigenvalue weighted by Gasteiger charge is 2.25. The van der Waals surface area contributed by atoms with E-state index in [0.717, 1.165) is 47.6 Å². The topological polar surface area (TPSA) is 115 Å². The molecule has 2 aromatic carbocycles. The SMILES string of the molecule is CC(C)(CN1CCCCC1)Oc1ccc(-c2cnc3c(-c4cccc([SH+](=O)O)c4)cnn3c2)cc1.N. The van der Waals surface area contributed by atoms with Crippen molar-refractivity contribution in [1.29, 1.82) is 0 Å². The van der Waals surface area contributed by atoms with E-state index in [-0.39, 0.29) is 11.8 Å². The molecule has 0 spiro atoms. The maximum Gasteiger partial charge on any atom is 0.235 e. The lowest BCUT2D eigenvalue weighted by molar-refractivity contribution is 0.0520. The molecule has 9 heteroatoms. The number of likely N-dealkylation sites (tertiary alicyclic amines) is 1. The molecular weight excluding hydrogens is 474 g/mol. The maximum atomic E-state index is 11.5. The van der Waals surface area contributed by atoms with E-state index in [1.54, 1.807) is 28.9 Å². The fourth-order valence-corrected chi connectivity index (χ4v) is 5.21.